The summed E-state index contributed by atoms with van der Waals surface area (Å²) in [7, 11) is 1.51. The molecule has 0 unspecified atom stereocenters. The van der Waals surface area contributed by atoms with Crippen LogP contribution in [0.3, 0.4) is 0 Å². The van der Waals surface area contributed by atoms with Crippen LogP contribution in [0.4, 0.5) is 17.1 Å². The van der Waals surface area contributed by atoms with Gasteiger partial charge in [0, 0.05) is 60.5 Å². The molecule has 0 bridgehead atoms. The van der Waals surface area contributed by atoms with Gasteiger partial charge in [0.2, 0.25) is 5.91 Å². The first kappa shape index (κ1) is 29.8. The number of hydrogen-bond acceptors (Lipinski definition) is 6. The van der Waals surface area contributed by atoms with Gasteiger partial charge in [-0.1, -0.05) is 6.07 Å². The van der Waals surface area contributed by atoms with Crippen molar-refractivity contribution in [3.63, 3.8) is 0 Å². The van der Waals surface area contributed by atoms with Gasteiger partial charge in [0.25, 0.3) is 0 Å². The number of amides is 1. The zero-order valence-electron chi connectivity index (χ0n) is 25.5. The van der Waals surface area contributed by atoms with Gasteiger partial charge < -0.3 is 34.5 Å². The van der Waals surface area contributed by atoms with E-state index in [1.807, 2.05) is 43.5 Å². The van der Waals surface area contributed by atoms with Crippen molar-refractivity contribution in [3.8, 4) is 5.69 Å². The molecule has 6 rings (SSSR count). The van der Waals surface area contributed by atoms with Crippen LogP contribution in [0.5, 0.6) is 0 Å². The predicted molar refractivity (Wildman–Crippen MR) is 178 cm³/mol. The molecule has 228 valence electrons. The standard InChI is InChI=1S/C34H38N6O3S/c1-22-19-27(12-13-29(22)36-31(41)21-42-4)40-33(32(37-34(40)44)30-7-5-6-14-35-30)28-20-23(2)39(24(28)3)26-10-8-25(9-11-26)38-15-17-43-18-16-38/h5-14,19-20,32-33H,15-18,21H2,1-4H3,(H,36,41)(H,37,44)/t32-,33-/m1/s1. The number of thiocarbonyl (C=S) groups is 1. The lowest BCUT2D eigenvalue weighted by Gasteiger charge is -2.29. The van der Waals surface area contributed by atoms with Gasteiger partial charge in [0.1, 0.15) is 6.61 Å². The number of anilines is 3. The number of ether oxygens (including phenoxy) is 2. The number of rotatable bonds is 8. The van der Waals surface area contributed by atoms with Crippen LogP contribution in [0.15, 0.2) is 72.9 Å². The topological polar surface area (TPSA) is 83.9 Å². The molecule has 2 aliphatic heterocycles. The van der Waals surface area contributed by atoms with Gasteiger partial charge >= 0.3 is 0 Å². The van der Waals surface area contributed by atoms with Gasteiger partial charge in [-0.15, -0.1) is 0 Å². The van der Waals surface area contributed by atoms with Crippen LogP contribution in [0.1, 0.15) is 40.3 Å². The van der Waals surface area contributed by atoms with Crippen molar-refractivity contribution < 1.29 is 14.3 Å². The fraction of sp³-hybridized carbons (Fsp3) is 0.324. The Balaban J connectivity index is 1.38. The number of benzene rings is 2. The van der Waals surface area contributed by atoms with Crippen molar-refractivity contribution in [3.05, 3.63) is 101 Å². The largest absolute Gasteiger partial charge is 0.378 e. The van der Waals surface area contributed by atoms with Gasteiger partial charge in [0.15, 0.2) is 5.11 Å². The van der Waals surface area contributed by atoms with E-state index in [0.29, 0.717) is 5.11 Å². The van der Waals surface area contributed by atoms with Crippen LogP contribution in [0, 0.1) is 20.8 Å². The smallest absolute Gasteiger partial charge is 0.250 e. The van der Waals surface area contributed by atoms with E-state index in [1.165, 1.54) is 12.8 Å². The molecule has 2 atom stereocenters. The molecule has 0 radical (unpaired) electrons. The molecule has 2 aliphatic rings. The average Bonchev–Trinajstić information content (AvgIpc) is 3.53. The second-order valence-corrected chi connectivity index (χ2v) is 11.6. The summed E-state index contributed by atoms with van der Waals surface area (Å²) < 4.78 is 12.8. The molecule has 2 N–H and O–H groups in total. The number of aromatic nitrogens is 2. The molecule has 9 nitrogen and oxygen atoms in total. The third kappa shape index (κ3) is 5.80. The summed E-state index contributed by atoms with van der Waals surface area (Å²) in [6, 6.07) is 22.7. The SMILES string of the molecule is COCC(=O)Nc1ccc(N2C(=S)N[C@H](c3ccccn3)[C@H]2c2cc(C)n(-c3ccc(N4CCOCC4)cc3)c2C)cc1C. The molecule has 44 heavy (non-hydrogen) atoms. The van der Waals surface area contributed by atoms with Crippen LogP contribution in [0.2, 0.25) is 0 Å². The summed E-state index contributed by atoms with van der Waals surface area (Å²) in [5.74, 6) is -0.194. The zero-order chi connectivity index (χ0) is 30.8. The van der Waals surface area contributed by atoms with Crippen LogP contribution >= 0.6 is 12.2 Å². The number of nitrogens with one attached hydrogen (secondary N) is 2. The summed E-state index contributed by atoms with van der Waals surface area (Å²) >= 11 is 5.99. The van der Waals surface area contributed by atoms with Crippen LogP contribution in [0.25, 0.3) is 5.69 Å². The first-order valence-corrected chi connectivity index (χ1v) is 15.3. The monoisotopic (exact) mass is 610 g/mol. The Labute approximate surface area is 263 Å². The Kier molecular flexibility index (Phi) is 8.65. The van der Waals surface area contributed by atoms with E-state index in [1.54, 1.807) is 0 Å². The predicted octanol–water partition coefficient (Wildman–Crippen LogP) is 5.40. The highest BCUT2D eigenvalue weighted by Crippen LogP contribution is 2.44. The van der Waals surface area contributed by atoms with Gasteiger partial charge in [-0.05, 0) is 105 Å². The average molecular weight is 611 g/mol. The van der Waals surface area contributed by atoms with E-state index in [0.717, 1.165) is 71.6 Å². The summed E-state index contributed by atoms with van der Waals surface area (Å²) in [6.07, 6.45) is 1.82. The number of methoxy groups -OCH3 is 1. The highest BCUT2D eigenvalue weighted by molar-refractivity contribution is 7.80. The Hall–Kier alpha value is -4.25. The number of carbonyl (C=O) groups excluding carboxylic acids is 1. The van der Waals surface area contributed by atoms with Gasteiger partial charge in [-0.25, -0.2) is 0 Å². The first-order valence-electron chi connectivity index (χ1n) is 14.9. The van der Waals surface area contributed by atoms with Crippen LogP contribution in [-0.4, -0.2) is 60.6 Å². The fourth-order valence-corrected chi connectivity index (χ4v) is 6.67. The Morgan fingerprint density at radius 3 is 2.43 bits per heavy atom. The third-order valence-electron chi connectivity index (χ3n) is 8.41. The molecule has 0 aliphatic carbocycles. The summed E-state index contributed by atoms with van der Waals surface area (Å²) in [4.78, 5) is 21.5. The number of morpholine rings is 1. The lowest BCUT2D eigenvalue weighted by Crippen LogP contribution is -2.36. The molecule has 1 amide bonds. The maximum absolute atomic E-state index is 12.2. The van der Waals surface area contributed by atoms with Crippen LogP contribution < -0.4 is 20.4 Å². The van der Waals surface area contributed by atoms with Crippen molar-refractivity contribution in [2.75, 3.05) is 55.1 Å². The third-order valence-corrected chi connectivity index (χ3v) is 8.72. The molecular formula is C34H38N6O3S. The van der Waals surface area contributed by atoms with E-state index < -0.39 is 0 Å². The van der Waals surface area contributed by atoms with Crippen LogP contribution in [-0.2, 0) is 14.3 Å². The number of aryl methyl sites for hydroxylation is 2. The molecule has 10 heteroatoms. The number of pyridine rings is 1. The van der Waals surface area contributed by atoms with Gasteiger partial charge in [-0.3, -0.25) is 9.78 Å². The maximum atomic E-state index is 12.2. The molecule has 0 saturated carbocycles. The molecule has 2 fully saturated rings. The molecule has 2 aromatic heterocycles. The van der Waals surface area contributed by atoms with Crippen molar-refractivity contribution >= 4 is 40.3 Å². The second-order valence-electron chi connectivity index (χ2n) is 11.3. The molecule has 4 heterocycles. The molecular weight excluding hydrogens is 572 g/mol. The van der Waals surface area contributed by atoms with Gasteiger partial charge in [0.05, 0.1) is 31.0 Å². The lowest BCUT2D eigenvalue weighted by atomic mass is 9.96. The first-order chi connectivity index (χ1) is 21.4. The van der Waals surface area contributed by atoms with E-state index in [4.69, 9.17) is 26.7 Å². The number of carbonyl (C=O) groups is 1. The highest BCUT2D eigenvalue weighted by Gasteiger charge is 2.42. The molecule has 4 aromatic rings. The minimum Gasteiger partial charge on any atom is -0.378 e. The minimum absolute atomic E-state index is 0.000707. The molecule has 2 saturated heterocycles. The van der Waals surface area contributed by atoms with Crippen molar-refractivity contribution in [2.45, 2.75) is 32.9 Å². The number of nitrogens with zero attached hydrogens (tertiary/aromatic N) is 4. The summed E-state index contributed by atoms with van der Waals surface area (Å²) in [5, 5.41) is 7.13. The zero-order valence-corrected chi connectivity index (χ0v) is 26.4. The fourth-order valence-electron chi connectivity index (χ4n) is 6.32. The summed E-state index contributed by atoms with van der Waals surface area (Å²) in [5.41, 5.74) is 9.30. The normalized spacial score (nSPS) is 18.4. The minimum atomic E-state index is -0.194. The van der Waals surface area contributed by atoms with Crippen molar-refractivity contribution in [1.29, 1.82) is 0 Å². The highest BCUT2D eigenvalue weighted by atomic mass is 32.1. The Morgan fingerprint density at radius 2 is 1.75 bits per heavy atom. The Morgan fingerprint density at radius 1 is 1.02 bits per heavy atom. The second kappa shape index (κ2) is 12.8. The van der Waals surface area contributed by atoms with E-state index in [9.17, 15) is 4.79 Å². The maximum Gasteiger partial charge on any atom is 0.250 e. The van der Waals surface area contributed by atoms with E-state index >= 15 is 0 Å². The number of hydrogen-bond donors (Lipinski definition) is 2. The lowest BCUT2D eigenvalue weighted by molar-refractivity contribution is -0.119. The van der Waals surface area contributed by atoms with Crippen molar-refractivity contribution in [2.24, 2.45) is 0 Å². The van der Waals surface area contributed by atoms with Gasteiger partial charge in [-0.2, -0.15) is 0 Å². The molecule has 2 aromatic carbocycles. The quantitative estimate of drug-likeness (QED) is 0.257. The Bertz CT molecular complexity index is 1650. The van der Waals surface area contributed by atoms with Crippen molar-refractivity contribution in [1.82, 2.24) is 14.9 Å². The van der Waals surface area contributed by atoms with E-state index in [-0.39, 0.29) is 24.6 Å². The van der Waals surface area contributed by atoms with E-state index in [2.05, 4.69) is 75.2 Å². The summed E-state index contributed by atoms with van der Waals surface area (Å²) in [6.45, 7) is 9.64. The molecule has 0 spiro atoms.